The minimum Gasteiger partial charge on any atom is -0.494 e. The van der Waals surface area contributed by atoms with Gasteiger partial charge >= 0.3 is 0 Å². The van der Waals surface area contributed by atoms with Gasteiger partial charge in [-0.2, -0.15) is 0 Å². The Bertz CT molecular complexity index is 820. The molecule has 0 bridgehead atoms. The Morgan fingerprint density at radius 2 is 1.87 bits per heavy atom. The van der Waals surface area contributed by atoms with E-state index in [0.29, 0.717) is 5.39 Å². The monoisotopic (exact) mass is 308 g/mol. The van der Waals surface area contributed by atoms with E-state index in [0.717, 1.165) is 36.2 Å². The summed E-state index contributed by atoms with van der Waals surface area (Å²) in [6.07, 6.45) is 5.96. The van der Waals surface area contributed by atoms with Gasteiger partial charge in [-0.1, -0.05) is 25.1 Å². The lowest BCUT2D eigenvalue weighted by molar-refractivity contribution is 0.434. The fourth-order valence-corrected chi connectivity index (χ4v) is 3.12. The van der Waals surface area contributed by atoms with Crippen molar-refractivity contribution in [2.75, 3.05) is 18.0 Å². The molecule has 1 fully saturated rings. The van der Waals surface area contributed by atoms with Crippen LogP contribution in [0.4, 0.5) is 5.95 Å². The number of fused-ring (bicyclic) bond motifs is 1. The van der Waals surface area contributed by atoms with Crippen LogP contribution in [0.1, 0.15) is 19.8 Å². The Morgan fingerprint density at radius 1 is 1.13 bits per heavy atom. The Labute approximate surface area is 135 Å². The number of nitrogens with zero attached hydrogens (tertiary/aromatic N) is 4. The molecule has 1 aromatic carbocycles. The average Bonchev–Trinajstić information content (AvgIpc) is 2.93. The summed E-state index contributed by atoms with van der Waals surface area (Å²) in [7, 11) is 0. The number of aromatic hydroxyl groups is 1. The van der Waals surface area contributed by atoms with Gasteiger partial charge in [-0.15, -0.1) is 0 Å². The molecule has 1 aliphatic rings. The first-order valence-corrected chi connectivity index (χ1v) is 8.10. The quantitative estimate of drug-likeness (QED) is 0.788. The van der Waals surface area contributed by atoms with Crippen LogP contribution < -0.4 is 4.90 Å². The van der Waals surface area contributed by atoms with Gasteiger partial charge in [0.25, 0.3) is 0 Å². The maximum Gasteiger partial charge on any atom is 0.225 e. The Kier molecular flexibility index (Phi) is 3.41. The second-order valence-corrected chi connectivity index (χ2v) is 6.30. The third kappa shape index (κ3) is 2.52. The van der Waals surface area contributed by atoms with E-state index in [1.54, 1.807) is 10.8 Å². The van der Waals surface area contributed by atoms with Gasteiger partial charge in [-0.25, -0.2) is 9.97 Å². The molecule has 5 nitrogen and oxygen atoms in total. The summed E-state index contributed by atoms with van der Waals surface area (Å²) in [5.74, 6) is 1.72. The zero-order valence-electron chi connectivity index (χ0n) is 13.2. The minimum absolute atomic E-state index is 0.185. The first-order valence-electron chi connectivity index (χ1n) is 8.10. The Hall–Kier alpha value is -2.56. The van der Waals surface area contributed by atoms with Crippen molar-refractivity contribution in [2.45, 2.75) is 19.8 Å². The predicted molar refractivity (Wildman–Crippen MR) is 91.1 cm³/mol. The fraction of sp³-hybridized carbons (Fsp3) is 0.333. The van der Waals surface area contributed by atoms with Crippen LogP contribution in [0.25, 0.3) is 16.6 Å². The average molecular weight is 308 g/mol. The van der Waals surface area contributed by atoms with Gasteiger partial charge in [0, 0.05) is 31.2 Å². The molecule has 0 amide bonds. The standard InChI is InChI=1S/C18H20N4O/c1-13-7-9-21(10-8-13)18-19-11-15-16(20-18)12-22(17(15)23)14-5-3-2-4-6-14/h2-6,11-13,23H,7-10H2,1H3. The molecule has 0 saturated carbocycles. The van der Waals surface area contributed by atoms with E-state index in [4.69, 9.17) is 0 Å². The van der Waals surface area contributed by atoms with Crippen molar-refractivity contribution < 1.29 is 5.11 Å². The lowest BCUT2D eigenvalue weighted by Gasteiger charge is -2.30. The molecule has 1 aliphatic heterocycles. The molecule has 5 heteroatoms. The van der Waals surface area contributed by atoms with Crippen molar-refractivity contribution in [1.82, 2.24) is 14.5 Å². The summed E-state index contributed by atoms with van der Waals surface area (Å²) in [6.45, 7) is 4.29. The molecule has 4 rings (SSSR count). The van der Waals surface area contributed by atoms with E-state index < -0.39 is 0 Å². The second-order valence-electron chi connectivity index (χ2n) is 6.30. The maximum atomic E-state index is 10.4. The van der Waals surface area contributed by atoms with Crippen LogP contribution in [0.15, 0.2) is 42.7 Å². The van der Waals surface area contributed by atoms with Crippen molar-refractivity contribution >= 4 is 16.9 Å². The zero-order valence-corrected chi connectivity index (χ0v) is 13.2. The lowest BCUT2D eigenvalue weighted by Crippen LogP contribution is -2.33. The lowest BCUT2D eigenvalue weighted by atomic mass is 10.00. The first kappa shape index (κ1) is 14.1. The van der Waals surface area contributed by atoms with Crippen LogP contribution in [-0.2, 0) is 0 Å². The van der Waals surface area contributed by atoms with E-state index in [1.807, 2.05) is 36.5 Å². The first-order chi connectivity index (χ1) is 11.2. The van der Waals surface area contributed by atoms with E-state index in [1.165, 1.54) is 12.8 Å². The van der Waals surface area contributed by atoms with Crippen LogP contribution in [0.3, 0.4) is 0 Å². The van der Waals surface area contributed by atoms with Crippen LogP contribution in [-0.4, -0.2) is 32.7 Å². The summed E-state index contributed by atoms with van der Waals surface area (Å²) in [5, 5.41) is 11.1. The molecule has 0 unspecified atom stereocenters. The molecule has 0 spiro atoms. The molecular formula is C18H20N4O. The number of hydrogen-bond acceptors (Lipinski definition) is 4. The Balaban J connectivity index is 1.72. The van der Waals surface area contributed by atoms with E-state index in [2.05, 4.69) is 21.8 Å². The number of hydrogen-bond donors (Lipinski definition) is 1. The highest BCUT2D eigenvalue weighted by atomic mass is 16.3. The molecule has 3 aromatic rings. The molecule has 23 heavy (non-hydrogen) atoms. The second kappa shape index (κ2) is 5.57. The van der Waals surface area contributed by atoms with Gasteiger partial charge in [0.05, 0.1) is 10.9 Å². The normalized spacial score (nSPS) is 16.1. The molecule has 1 N–H and O–H groups in total. The van der Waals surface area contributed by atoms with Crippen molar-refractivity contribution in [3.63, 3.8) is 0 Å². The Morgan fingerprint density at radius 3 is 2.61 bits per heavy atom. The molecule has 2 aromatic heterocycles. The summed E-state index contributed by atoms with van der Waals surface area (Å²) in [5.41, 5.74) is 1.69. The van der Waals surface area contributed by atoms with Gasteiger partial charge in [0.2, 0.25) is 11.8 Å². The largest absolute Gasteiger partial charge is 0.494 e. The number of anilines is 1. The van der Waals surface area contributed by atoms with Gasteiger partial charge in [0.1, 0.15) is 0 Å². The van der Waals surface area contributed by atoms with Crippen LogP contribution in [0, 0.1) is 5.92 Å². The van der Waals surface area contributed by atoms with Gasteiger partial charge in [-0.05, 0) is 30.9 Å². The van der Waals surface area contributed by atoms with Gasteiger partial charge in [-0.3, -0.25) is 4.57 Å². The number of rotatable bonds is 2. The van der Waals surface area contributed by atoms with Crippen molar-refractivity contribution in [2.24, 2.45) is 5.92 Å². The highest BCUT2D eigenvalue weighted by molar-refractivity contribution is 5.85. The van der Waals surface area contributed by atoms with Crippen molar-refractivity contribution in [3.8, 4) is 11.6 Å². The summed E-state index contributed by atoms with van der Waals surface area (Å²) in [6, 6.07) is 9.77. The minimum atomic E-state index is 0.185. The van der Waals surface area contributed by atoms with Crippen molar-refractivity contribution in [1.29, 1.82) is 0 Å². The number of benzene rings is 1. The van der Waals surface area contributed by atoms with Crippen LogP contribution >= 0.6 is 0 Å². The van der Waals surface area contributed by atoms with E-state index >= 15 is 0 Å². The summed E-state index contributed by atoms with van der Waals surface area (Å²) in [4.78, 5) is 11.4. The highest BCUT2D eigenvalue weighted by Crippen LogP contribution is 2.30. The van der Waals surface area contributed by atoms with Crippen molar-refractivity contribution in [3.05, 3.63) is 42.7 Å². The summed E-state index contributed by atoms with van der Waals surface area (Å²) >= 11 is 0. The molecule has 1 saturated heterocycles. The molecule has 3 heterocycles. The fourth-order valence-electron chi connectivity index (χ4n) is 3.12. The van der Waals surface area contributed by atoms with Gasteiger partial charge < -0.3 is 10.0 Å². The van der Waals surface area contributed by atoms with E-state index in [-0.39, 0.29) is 5.88 Å². The summed E-state index contributed by atoms with van der Waals surface area (Å²) < 4.78 is 1.75. The molecule has 0 atom stereocenters. The predicted octanol–water partition coefficient (Wildman–Crippen LogP) is 3.36. The molecular weight excluding hydrogens is 288 g/mol. The number of aromatic nitrogens is 3. The molecule has 0 aliphatic carbocycles. The third-order valence-electron chi connectivity index (χ3n) is 4.63. The SMILES string of the molecule is CC1CCN(c2ncc3c(O)n(-c4ccccc4)cc3n2)CC1. The van der Waals surface area contributed by atoms with Crippen LogP contribution in [0.5, 0.6) is 5.88 Å². The molecule has 118 valence electrons. The maximum absolute atomic E-state index is 10.4. The topological polar surface area (TPSA) is 54.2 Å². The van der Waals surface area contributed by atoms with Gasteiger partial charge in [0.15, 0.2) is 0 Å². The van der Waals surface area contributed by atoms with E-state index in [9.17, 15) is 5.11 Å². The smallest absolute Gasteiger partial charge is 0.225 e. The molecule has 0 radical (unpaired) electrons. The van der Waals surface area contributed by atoms with Crippen LogP contribution in [0.2, 0.25) is 0 Å². The number of para-hydroxylation sites is 1. The number of piperidine rings is 1. The zero-order chi connectivity index (χ0) is 15.8. The highest BCUT2D eigenvalue weighted by Gasteiger charge is 2.19. The third-order valence-corrected chi connectivity index (χ3v) is 4.63.